The largest absolute Gasteiger partial charge is 0.378 e. The molecule has 1 rings (SSSR count). The summed E-state index contributed by atoms with van der Waals surface area (Å²) < 4.78 is 15.6. The van der Waals surface area contributed by atoms with Crippen molar-refractivity contribution in [3.63, 3.8) is 0 Å². The first-order valence-corrected chi connectivity index (χ1v) is 6.46. The average Bonchev–Trinajstić information content (AvgIpc) is 2.05. The molecule has 1 fully saturated rings. The molecule has 1 aliphatic rings. The van der Waals surface area contributed by atoms with Crippen molar-refractivity contribution >= 4 is 21.6 Å². The van der Waals surface area contributed by atoms with Crippen LogP contribution in [0, 0.1) is 0 Å². The van der Waals surface area contributed by atoms with E-state index in [1.165, 1.54) is 0 Å². The van der Waals surface area contributed by atoms with E-state index in [0.717, 1.165) is 24.7 Å². The van der Waals surface area contributed by atoms with Gasteiger partial charge in [-0.3, -0.25) is 0 Å². The van der Waals surface area contributed by atoms with Crippen LogP contribution in [0.1, 0.15) is 0 Å². The molecule has 0 unspecified atom stereocenters. The molecule has 5 heteroatoms. The van der Waals surface area contributed by atoms with Crippen LogP contribution < -0.4 is 0 Å². The van der Waals surface area contributed by atoms with Gasteiger partial charge in [0.15, 0.2) is 0 Å². The van der Waals surface area contributed by atoms with Gasteiger partial charge in [-0.25, -0.2) is 0 Å². The van der Waals surface area contributed by atoms with E-state index in [9.17, 15) is 0 Å². The molecule has 12 heavy (non-hydrogen) atoms. The molecule has 0 radical (unpaired) electrons. The first-order valence-electron chi connectivity index (χ1n) is 3.98. The Hall–Kier alpha value is 0.580. The zero-order valence-corrected chi connectivity index (χ0v) is 8.62. The Labute approximate surface area is 80.9 Å². The Morgan fingerprint density at radius 3 is 2.08 bits per heavy atom. The summed E-state index contributed by atoms with van der Waals surface area (Å²) in [4.78, 5) is 0. The monoisotopic (exact) mass is 210 g/mol. The Bertz CT molecular complexity index is 59.6. The van der Waals surface area contributed by atoms with Crippen LogP contribution in [0.3, 0.4) is 0 Å². The quantitative estimate of drug-likeness (QED) is 0.563. The molecule has 1 heterocycles. The highest BCUT2D eigenvalue weighted by Crippen LogP contribution is 2.20. The molecule has 1 aliphatic heterocycles. The smallest absolute Gasteiger partial charge is 0.146 e. The summed E-state index contributed by atoms with van der Waals surface area (Å²) in [5, 5.41) is 0. The minimum absolute atomic E-state index is 0.397. The Balaban J connectivity index is 2.00. The zero-order valence-electron chi connectivity index (χ0n) is 6.99. The summed E-state index contributed by atoms with van der Waals surface area (Å²) >= 11 is 0. The van der Waals surface area contributed by atoms with Crippen molar-refractivity contribution in [2.45, 2.75) is 0 Å². The Morgan fingerprint density at radius 1 is 0.667 bits per heavy atom. The van der Waals surface area contributed by atoms with Gasteiger partial charge >= 0.3 is 0 Å². The Morgan fingerprint density at radius 2 is 1.25 bits per heavy atom. The highest BCUT2D eigenvalue weighted by Gasteiger charge is 1.95. The molecule has 3 nitrogen and oxygen atoms in total. The van der Waals surface area contributed by atoms with Gasteiger partial charge in [-0.2, -0.15) is 0 Å². The van der Waals surface area contributed by atoms with E-state index in [1.807, 2.05) is 21.6 Å². The lowest BCUT2D eigenvalue weighted by Crippen LogP contribution is -2.10. The predicted octanol–water partition coefficient (Wildman–Crippen LogP) is 1.39. The molecule has 72 valence electrons. The number of ether oxygens (including phenoxy) is 3. The fraction of sp³-hybridized carbons (Fsp3) is 1.00. The highest BCUT2D eigenvalue weighted by atomic mass is 33.1. The third-order valence-corrected chi connectivity index (χ3v) is 3.58. The van der Waals surface area contributed by atoms with Crippen LogP contribution in [-0.4, -0.2) is 44.7 Å². The summed E-state index contributed by atoms with van der Waals surface area (Å²) in [6.45, 7) is 3.31. The average molecular weight is 210 g/mol. The topological polar surface area (TPSA) is 27.7 Å². The van der Waals surface area contributed by atoms with E-state index in [1.54, 1.807) is 0 Å². The summed E-state index contributed by atoms with van der Waals surface area (Å²) in [5.74, 6) is 2.07. The number of hydrogen-bond donors (Lipinski definition) is 0. The van der Waals surface area contributed by atoms with Crippen LogP contribution in [0.2, 0.25) is 0 Å². The maximum absolute atomic E-state index is 5.29. The SMILES string of the molecule is C1COCOCCSSCCO1. The van der Waals surface area contributed by atoms with Gasteiger partial charge < -0.3 is 14.2 Å². The number of rotatable bonds is 0. The lowest BCUT2D eigenvalue weighted by atomic mass is 10.7. The summed E-state index contributed by atoms with van der Waals surface area (Å²) in [7, 11) is 3.66. The second-order valence-corrected chi connectivity index (χ2v) is 4.89. The summed E-state index contributed by atoms with van der Waals surface area (Å²) in [6.07, 6.45) is 0. The van der Waals surface area contributed by atoms with Gasteiger partial charge in [0.1, 0.15) is 6.79 Å². The third-order valence-electron chi connectivity index (χ3n) is 1.24. The lowest BCUT2D eigenvalue weighted by Gasteiger charge is -2.08. The molecule has 0 aromatic carbocycles. The van der Waals surface area contributed by atoms with Crippen molar-refractivity contribution in [2.24, 2.45) is 0 Å². The van der Waals surface area contributed by atoms with Crippen molar-refractivity contribution in [1.82, 2.24) is 0 Å². The van der Waals surface area contributed by atoms with Gasteiger partial charge in [-0.05, 0) is 0 Å². The Kier molecular flexibility index (Phi) is 7.28. The van der Waals surface area contributed by atoms with Gasteiger partial charge in [0.25, 0.3) is 0 Å². The summed E-state index contributed by atoms with van der Waals surface area (Å²) in [6, 6.07) is 0. The molecule has 0 aliphatic carbocycles. The van der Waals surface area contributed by atoms with Gasteiger partial charge in [-0.1, -0.05) is 21.6 Å². The highest BCUT2D eigenvalue weighted by molar-refractivity contribution is 8.76. The first-order chi connectivity index (χ1) is 6.00. The normalized spacial score (nSPS) is 24.0. The molecule has 0 aromatic rings. The van der Waals surface area contributed by atoms with Crippen molar-refractivity contribution in [3.8, 4) is 0 Å². The van der Waals surface area contributed by atoms with Gasteiger partial charge in [0.2, 0.25) is 0 Å². The standard InChI is InChI=1S/C7H14O3S2/c1-2-9-7-10-4-6-12-11-5-3-8-1/h1-7H2. The fourth-order valence-electron chi connectivity index (χ4n) is 0.700. The molecule has 0 aromatic heterocycles. The minimum Gasteiger partial charge on any atom is -0.378 e. The molecule has 0 amide bonds. The van der Waals surface area contributed by atoms with Crippen LogP contribution in [0.5, 0.6) is 0 Å². The fourth-order valence-corrected chi connectivity index (χ4v) is 2.42. The van der Waals surface area contributed by atoms with Crippen molar-refractivity contribution in [1.29, 1.82) is 0 Å². The maximum atomic E-state index is 5.29. The van der Waals surface area contributed by atoms with Crippen LogP contribution in [0.25, 0.3) is 0 Å². The van der Waals surface area contributed by atoms with Gasteiger partial charge in [-0.15, -0.1) is 0 Å². The summed E-state index contributed by atoms with van der Waals surface area (Å²) in [5.41, 5.74) is 0. The third kappa shape index (κ3) is 6.14. The van der Waals surface area contributed by atoms with Crippen molar-refractivity contribution in [2.75, 3.05) is 44.7 Å². The molecule has 1 saturated heterocycles. The first kappa shape index (κ1) is 10.7. The predicted molar refractivity (Wildman–Crippen MR) is 52.5 cm³/mol. The van der Waals surface area contributed by atoms with E-state index in [4.69, 9.17) is 14.2 Å². The molecule has 0 spiro atoms. The lowest BCUT2D eigenvalue weighted by molar-refractivity contribution is -0.0639. The van der Waals surface area contributed by atoms with Crippen LogP contribution in [0.15, 0.2) is 0 Å². The van der Waals surface area contributed by atoms with Gasteiger partial charge in [0.05, 0.1) is 26.4 Å². The zero-order chi connectivity index (χ0) is 8.49. The van der Waals surface area contributed by atoms with E-state index < -0.39 is 0 Å². The maximum Gasteiger partial charge on any atom is 0.146 e. The number of hydrogen-bond acceptors (Lipinski definition) is 5. The minimum atomic E-state index is 0.397. The molecule has 0 bridgehead atoms. The van der Waals surface area contributed by atoms with E-state index in [0.29, 0.717) is 20.0 Å². The molecular formula is C7H14O3S2. The second kappa shape index (κ2) is 8.19. The van der Waals surface area contributed by atoms with Crippen molar-refractivity contribution in [3.05, 3.63) is 0 Å². The van der Waals surface area contributed by atoms with Gasteiger partial charge in [0, 0.05) is 11.5 Å². The van der Waals surface area contributed by atoms with E-state index >= 15 is 0 Å². The van der Waals surface area contributed by atoms with E-state index in [-0.39, 0.29) is 0 Å². The molecule has 0 N–H and O–H groups in total. The van der Waals surface area contributed by atoms with E-state index in [2.05, 4.69) is 0 Å². The van der Waals surface area contributed by atoms with Crippen LogP contribution in [-0.2, 0) is 14.2 Å². The molecule has 0 saturated carbocycles. The molecule has 0 atom stereocenters. The second-order valence-electron chi connectivity index (χ2n) is 2.19. The van der Waals surface area contributed by atoms with Crippen LogP contribution >= 0.6 is 21.6 Å². The molecular weight excluding hydrogens is 196 g/mol. The van der Waals surface area contributed by atoms with Crippen LogP contribution in [0.4, 0.5) is 0 Å². The van der Waals surface area contributed by atoms with Crippen molar-refractivity contribution < 1.29 is 14.2 Å².